The molecule has 1 aromatic rings. The Labute approximate surface area is 115 Å². The van der Waals surface area contributed by atoms with Crippen molar-refractivity contribution < 1.29 is 13.3 Å². The second-order valence-electron chi connectivity index (χ2n) is 5.13. The van der Waals surface area contributed by atoms with Crippen molar-refractivity contribution in [1.82, 2.24) is 4.72 Å². The first-order chi connectivity index (χ1) is 8.78. The summed E-state index contributed by atoms with van der Waals surface area (Å²) < 4.78 is 25.6. The molecule has 0 bridgehead atoms. The Hall–Kier alpha value is -0.950. The zero-order valence-corrected chi connectivity index (χ0v) is 12.6. The Morgan fingerprint density at radius 2 is 1.84 bits per heavy atom. The first-order valence-electron chi connectivity index (χ1n) is 6.17. The number of rotatable bonds is 6. The summed E-state index contributed by atoms with van der Waals surface area (Å²) in [4.78, 5) is 5.30. The lowest BCUT2D eigenvalue weighted by Gasteiger charge is -2.31. The molecule has 6 heteroatoms. The molecule has 0 aliphatic heterocycles. The van der Waals surface area contributed by atoms with E-state index in [0.717, 1.165) is 12.0 Å². The average Bonchev–Trinajstić information content (AvgIpc) is 2.40. The summed E-state index contributed by atoms with van der Waals surface area (Å²) in [6.45, 7) is 6.18. The molecule has 0 aliphatic rings. The summed E-state index contributed by atoms with van der Waals surface area (Å²) in [5.41, 5.74) is 0.738. The van der Waals surface area contributed by atoms with Gasteiger partial charge in [0.25, 0.3) is 0 Å². The van der Waals surface area contributed by atoms with E-state index in [-0.39, 0.29) is 16.4 Å². The summed E-state index contributed by atoms with van der Waals surface area (Å²) in [5, 5.41) is 0. The van der Waals surface area contributed by atoms with Gasteiger partial charge in [0, 0.05) is 0 Å². The van der Waals surface area contributed by atoms with Gasteiger partial charge in [0.1, 0.15) is 6.10 Å². The molecule has 0 fully saturated rings. The van der Waals surface area contributed by atoms with Gasteiger partial charge in [0.2, 0.25) is 10.0 Å². The number of benzene rings is 1. The minimum Gasteiger partial charge on any atom is -0.296 e. The molecule has 1 aromatic carbocycles. The van der Waals surface area contributed by atoms with Gasteiger partial charge in [0.15, 0.2) is 0 Å². The summed E-state index contributed by atoms with van der Waals surface area (Å²) in [7, 11) is -2.03. The van der Waals surface area contributed by atoms with Crippen LogP contribution in [0.25, 0.3) is 0 Å². The maximum atomic E-state index is 11.6. The SMILES string of the molecule is CCC(C)(C)C(ON)c1ccc(S(=O)(=O)NC)cc1. The van der Waals surface area contributed by atoms with Gasteiger partial charge in [-0.2, -0.15) is 0 Å². The Morgan fingerprint density at radius 3 is 2.21 bits per heavy atom. The average molecular weight is 286 g/mol. The van der Waals surface area contributed by atoms with Gasteiger partial charge in [-0.1, -0.05) is 32.9 Å². The molecule has 3 N–H and O–H groups in total. The second-order valence-corrected chi connectivity index (χ2v) is 7.02. The molecule has 0 heterocycles. The lowest BCUT2D eigenvalue weighted by molar-refractivity contribution is -0.0316. The molecule has 0 aliphatic carbocycles. The molecule has 0 spiro atoms. The van der Waals surface area contributed by atoms with Crippen LogP contribution in [0.2, 0.25) is 0 Å². The van der Waals surface area contributed by atoms with Crippen molar-refractivity contribution in [3.63, 3.8) is 0 Å². The van der Waals surface area contributed by atoms with Crippen molar-refractivity contribution in [3.8, 4) is 0 Å². The Kier molecular flexibility index (Phi) is 5.09. The van der Waals surface area contributed by atoms with Crippen LogP contribution in [-0.2, 0) is 14.9 Å². The van der Waals surface area contributed by atoms with Crippen LogP contribution >= 0.6 is 0 Å². The molecule has 0 amide bonds. The Bertz CT molecular complexity index is 509. The fraction of sp³-hybridized carbons (Fsp3) is 0.538. The predicted octanol–water partition coefficient (Wildman–Crippen LogP) is 1.96. The van der Waals surface area contributed by atoms with Crippen LogP contribution in [0.15, 0.2) is 29.2 Å². The minimum atomic E-state index is -3.41. The second kappa shape index (κ2) is 6.00. The molecule has 0 radical (unpaired) electrons. The van der Waals surface area contributed by atoms with Crippen molar-refractivity contribution in [2.75, 3.05) is 7.05 Å². The molecular weight excluding hydrogens is 264 g/mol. The number of hydrogen-bond acceptors (Lipinski definition) is 4. The molecule has 0 saturated heterocycles. The summed E-state index contributed by atoms with van der Waals surface area (Å²) >= 11 is 0. The monoisotopic (exact) mass is 286 g/mol. The van der Waals surface area contributed by atoms with E-state index in [4.69, 9.17) is 10.7 Å². The van der Waals surface area contributed by atoms with Crippen molar-refractivity contribution in [2.45, 2.75) is 38.2 Å². The fourth-order valence-electron chi connectivity index (χ4n) is 1.84. The highest BCUT2D eigenvalue weighted by Crippen LogP contribution is 2.38. The zero-order chi connectivity index (χ0) is 14.7. The zero-order valence-electron chi connectivity index (χ0n) is 11.8. The van der Waals surface area contributed by atoms with E-state index in [9.17, 15) is 8.42 Å². The van der Waals surface area contributed by atoms with Gasteiger partial charge < -0.3 is 0 Å². The van der Waals surface area contributed by atoms with Crippen LogP contribution in [0.4, 0.5) is 0 Å². The highest BCUT2D eigenvalue weighted by Gasteiger charge is 2.30. The molecule has 0 aromatic heterocycles. The van der Waals surface area contributed by atoms with Gasteiger partial charge in [-0.25, -0.2) is 19.0 Å². The van der Waals surface area contributed by atoms with E-state index >= 15 is 0 Å². The van der Waals surface area contributed by atoms with Gasteiger partial charge in [-0.3, -0.25) is 4.84 Å². The molecular formula is C13H22N2O3S. The topological polar surface area (TPSA) is 81.4 Å². The lowest BCUT2D eigenvalue weighted by atomic mass is 9.80. The van der Waals surface area contributed by atoms with Crippen molar-refractivity contribution in [2.24, 2.45) is 11.3 Å². The number of nitrogens with two attached hydrogens (primary N) is 1. The first kappa shape index (κ1) is 16.1. The Balaban J connectivity index is 3.11. The molecule has 19 heavy (non-hydrogen) atoms. The summed E-state index contributed by atoms with van der Waals surface area (Å²) in [5.74, 6) is 5.39. The summed E-state index contributed by atoms with van der Waals surface area (Å²) in [6, 6.07) is 6.58. The Morgan fingerprint density at radius 1 is 1.32 bits per heavy atom. The third kappa shape index (κ3) is 3.54. The molecule has 108 valence electrons. The van der Waals surface area contributed by atoms with Crippen molar-refractivity contribution in [1.29, 1.82) is 0 Å². The van der Waals surface area contributed by atoms with Crippen LogP contribution in [-0.4, -0.2) is 15.5 Å². The van der Waals surface area contributed by atoms with Crippen LogP contribution < -0.4 is 10.6 Å². The van der Waals surface area contributed by atoms with Gasteiger partial charge in [-0.15, -0.1) is 0 Å². The lowest BCUT2D eigenvalue weighted by Crippen LogP contribution is -2.26. The van der Waals surface area contributed by atoms with E-state index in [1.807, 2.05) is 0 Å². The first-order valence-corrected chi connectivity index (χ1v) is 7.66. The van der Waals surface area contributed by atoms with Gasteiger partial charge >= 0.3 is 0 Å². The maximum absolute atomic E-state index is 11.6. The predicted molar refractivity (Wildman–Crippen MR) is 74.8 cm³/mol. The number of sulfonamides is 1. The number of hydrogen-bond donors (Lipinski definition) is 2. The molecule has 1 rings (SSSR count). The largest absolute Gasteiger partial charge is 0.296 e. The van der Waals surface area contributed by atoms with Crippen LogP contribution in [0.3, 0.4) is 0 Å². The molecule has 1 unspecified atom stereocenters. The highest BCUT2D eigenvalue weighted by atomic mass is 32.2. The quantitative estimate of drug-likeness (QED) is 0.783. The molecule has 5 nitrogen and oxygen atoms in total. The maximum Gasteiger partial charge on any atom is 0.240 e. The summed E-state index contributed by atoms with van der Waals surface area (Å²) in [6.07, 6.45) is 0.620. The van der Waals surface area contributed by atoms with E-state index < -0.39 is 10.0 Å². The van der Waals surface area contributed by atoms with E-state index in [2.05, 4.69) is 25.5 Å². The van der Waals surface area contributed by atoms with Crippen molar-refractivity contribution >= 4 is 10.0 Å². The normalized spacial score (nSPS) is 14.4. The van der Waals surface area contributed by atoms with Crippen LogP contribution in [0.1, 0.15) is 38.9 Å². The van der Waals surface area contributed by atoms with Gasteiger partial charge in [0.05, 0.1) is 4.90 Å². The third-order valence-corrected chi connectivity index (χ3v) is 4.95. The van der Waals surface area contributed by atoms with Crippen LogP contribution in [0, 0.1) is 5.41 Å². The van der Waals surface area contributed by atoms with Gasteiger partial charge in [-0.05, 0) is 36.6 Å². The van der Waals surface area contributed by atoms with E-state index in [1.54, 1.807) is 24.3 Å². The molecule has 1 atom stereocenters. The third-order valence-electron chi connectivity index (χ3n) is 3.52. The standard InChI is InChI=1S/C13H22N2O3S/c1-5-13(2,3)12(18-14)10-6-8-11(9-7-10)19(16,17)15-4/h6-9,12,15H,5,14H2,1-4H3. The molecule has 0 saturated carbocycles. The highest BCUT2D eigenvalue weighted by molar-refractivity contribution is 7.89. The van der Waals surface area contributed by atoms with Crippen LogP contribution in [0.5, 0.6) is 0 Å². The fourth-order valence-corrected chi connectivity index (χ4v) is 2.57. The van der Waals surface area contributed by atoms with E-state index in [0.29, 0.717) is 0 Å². The van der Waals surface area contributed by atoms with Crippen molar-refractivity contribution in [3.05, 3.63) is 29.8 Å². The van der Waals surface area contributed by atoms with E-state index in [1.165, 1.54) is 7.05 Å². The number of nitrogens with one attached hydrogen (secondary N) is 1. The smallest absolute Gasteiger partial charge is 0.240 e. The minimum absolute atomic E-state index is 0.127.